The summed E-state index contributed by atoms with van der Waals surface area (Å²) in [7, 11) is 0. The summed E-state index contributed by atoms with van der Waals surface area (Å²) in [5.41, 5.74) is 4.95. The minimum absolute atomic E-state index is 0.159. The summed E-state index contributed by atoms with van der Waals surface area (Å²) in [6.07, 6.45) is 0.509. The highest BCUT2D eigenvalue weighted by Gasteiger charge is 2.25. The van der Waals surface area contributed by atoms with Gasteiger partial charge in [-0.3, -0.25) is 0 Å². The predicted octanol–water partition coefficient (Wildman–Crippen LogP) is 2.73. The third-order valence-corrected chi connectivity index (χ3v) is 2.51. The SMILES string of the molecule is CC(C)(CCN)c1cc(F)c(F)cc1F. The highest BCUT2D eigenvalue weighted by Crippen LogP contribution is 2.30. The molecule has 0 radical (unpaired) electrons. The Labute approximate surface area is 87.1 Å². The van der Waals surface area contributed by atoms with E-state index in [-0.39, 0.29) is 5.56 Å². The van der Waals surface area contributed by atoms with Crippen LogP contribution in [-0.2, 0) is 5.41 Å². The zero-order valence-corrected chi connectivity index (χ0v) is 8.78. The van der Waals surface area contributed by atoms with Crippen molar-refractivity contribution in [1.82, 2.24) is 0 Å². The lowest BCUT2D eigenvalue weighted by atomic mass is 9.81. The summed E-state index contributed by atoms with van der Waals surface area (Å²) >= 11 is 0. The summed E-state index contributed by atoms with van der Waals surface area (Å²) in [5.74, 6) is -2.93. The van der Waals surface area contributed by atoms with Crippen LogP contribution in [0.25, 0.3) is 0 Å². The van der Waals surface area contributed by atoms with Crippen LogP contribution in [0.1, 0.15) is 25.8 Å². The van der Waals surface area contributed by atoms with Gasteiger partial charge in [-0.2, -0.15) is 0 Å². The molecule has 0 amide bonds. The van der Waals surface area contributed by atoms with Gasteiger partial charge in [-0.15, -0.1) is 0 Å². The molecule has 0 heterocycles. The molecule has 1 nitrogen and oxygen atoms in total. The van der Waals surface area contributed by atoms with Crippen molar-refractivity contribution < 1.29 is 13.2 Å². The molecule has 0 spiro atoms. The molecule has 84 valence electrons. The van der Waals surface area contributed by atoms with Crippen LogP contribution in [0.15, 0.2) is 12.1 Å². The quantitative estimate of drug-likeness (QED) is 0.774. The smallest absolute Gasteiger partial charge is 0.161 e. The van der Waals surface area contributed by atoms with Crippen LogP contribution in [0.5, 0.6) is 0 Å². The van der Waals surface area contributed by atoms with E-state index >= 15 is 0 Å². The number of benzene rings is 1. The molecule has 0 aliphatic rings. The molecule has 1 aromatic carbocycles. The highest BCUT2D eigenvalue weighted by atomic mass is 19.2. The van der Waals surface area contributed by atoms with Crippen LogP contribution < -0.4 is 5.73 Å². The summed E-state index contributed by atoms with van der Waals surface area (Å²) in [6.45, 7) is 3.86. The van der Waals surface area contributed by atoms with Crippen LogP contribution in [-0.4, -0.2) is 6.54 Å². The van der Waals surface area contributed by atoms with Gasteiger partial charge >= 0.3 is 0 Å². The molecule has 0 atom stereocenters. The molecule has 0 unspecified atom stereocenters. The van der Waals surface area contributed by atoms with E-state index in [0.29, 0.717) is 19.0 Å². The maximum atomic E-state index is 13.4. The third kappa shape index (κ3) is 2.50. The highest BCUT2D eigenvalue weighted by molar-refractivity contribution is 5.27. The molecule has 1 rings (SSSR count). The molecule has 4 heteroatoms. The first-order valence-electron chi connectivity index (χ1n) is 4.73. The Morgan fingerprint density at radius 1 is 1.07 bits per heavy atom. The van der Waals surface area contributed by atoms with Gasteiger partial charge < -0.3 is 5.73 Å². The van der Waals surface area contributed by atoms with Crippen molar-refractivity contribution in [3.8, 4) is 0 Å². The van der Waals surface area contributed by atoms with Crippen LogP contribution in [0.2, 0.25) is 0 Å². The van der Waals surface area contributed by atoms with Gasteiger partial charge in [0.2, 0.25) is 0 Å². The zero-order chi connectivity index (χ0) is 11.6. The van der Waals surface area contributed by atoms with Crippen molar-refractivity contribution in [2.75, 3.05) is 6.54 Å². The first-order chi connectivity index (χ1) is 6.88. The van der Waals surface area contributed by atoms with Gasteiger partial charge in [-0.1, -0.05) is 13.8 Å². The molecule has 0 bridgehead atoms. The monoisotopic (exact) mass is 217 g/mol. The van der Waals surface area contributed by atoms with E-state index in [0.717, 1.165) is 6.07 Å². The van der Waals surface area contributed by atoms with Gasteiger partial charge in [0.15, 0.2) is 11.6 Å². The molecule has 0 fully saturated rings. The number of hydrogen-bond donors (Lipinski definition) is 1. The van der Waals surface area contributed by atoms with Crippen molar-refractivity contribution >= 4 is 0 Å². The van der Waals surface area contributed by atoms with Crippen molar-refractivity contribution in [2.24, 2.45) is 5.73 Å². The van der Waals surface area contributed by atoms with Crippen LogP contribution >= 0.6 is 0 Å². The third-order valence-electron chi connectivity index (χ3n) is 2.51. The van der Waals surface area contributed by atoms with Crippen LogP contribution in [0.3, 0.4) is 0 Å². The largest absolute Gasteiger partial charge is 0.330 e. The normalized spacial score (nSPS) is 11.9. The summed E-state index contributed by atoms with van der Waals surface area (Å²) in [5, 5.41) is 0. The number of rotatable bonds is 3. The van der Waals surface area contributed by atoms with Gasteiger partial charge in [-0.25, -0.2) is 13.2 Å². The summed E-state index contributed by atoms with van der Waals surface area (Å²) in [6, 6.07) is 1.48. The molecule has 0 saturated carbocycles. The van der Waals surface area contributed by atoms with Gasteiger partial charge in [-0.05, 0) is 30.0 Å². The Morgan fingerprint density at radius 2 is 1.60 bits per heavy atom. The second-order valence-electron chi connectivity index (χ2n) is 4.17. The average molecular weight is 217 g/mol. The van der Waals surface area contributed by atoms with Gasteiger partial charge in [0, 0.05) is 6.07 Å². The minimum atomic E-state index is -1.17. The van der Waals surface area contributed by atoms with Gasteiger partial charge in [0.05, 0.1) is 0 Å². The lowest BCUT2D eigenvalue weighted by Gasteiger charge is -2.25. The summed E-state index contributed by atoms with van der Waals surface area (Å²) in [4.78, 5) is 0. The Morgan fingerprint density at radius 3 is 2.13 bits per heavy atom. The van der Waals surface area contributed by atoms with E-state index < -0.39 is 22.9 Å². The van der Waals surface area contributed by atoms with E-state index in [1.54, 1.807) is 13.8 Å². The van der Waals surface area contributed by atoms with E-state index in [9.17, 15) is 13.2 Å². The van der Waals surface area contributed by atoms with E-state index in [1.165, 1.54) is 0 Å². The molecule has 0 aromatic heterocycles. The average Bonchev–Trinajstić information content (AvgIpc) is 2.11. The number of halogens is 3. The molecule has 1 aromatic rings. The van der Waals surface area contributed by atoms with Gasteiger partial charge in [0.1, 0.15) is 5.82 Å². The summed E-state index contributed by atoms with van der Waals surface area (Å²) < 4.78 is 39.1. The van der Waals surface area contributed by atoms with Crippen molar-refractivity contribution in [3.05, 3.63) is 35.1 Å². The molecule has 15 heavy (non-hydrogen) atoms. The molecule has 2 N–H and O–H groups in total. The first kappa shape index (κ1) is 12.0. The molecule has 0 aliphatic heterocycles. The molecule has 0 aliphatic carbocycles. The Kier molecular flexibility index (Phi) is 3.39. The van der Waals surface area contributed by atoms with Gasteiger partial charge in [0.25, 0.3) is 0 Å². The minimum Gasteiger partial charge on any atom is -0.330 e. The van der Waals surface area contributed by atoms with E-state index in [4.69, 9.17) is 5.73 Å². The first-order valence-corrected chi connectivity index (χ1v) is 4.73. The Hall–Kier alpha value is -1.03. The fourth-order valence-electron chi connectivity index (χ4n) is 1.54. The lowest BCUT2D eigenvalue weighted by Crippen LogP contribution is -2.23. The molecular formula is C11H14F3N. The standard InChI is InChI=1S/C11H14F3N/c1-11(2,3-4-15)7-5-9(13)10(14)6-8(7)12/h5-6H,3-4,15H2,1-2H3. The number of hydrogen-bond acceptors (Lipinski definition) is 1. The Balaban J connectivity index is 3.19. The fraction of sp³-hybridized carbons (Fsp3) is 0.455. The van der Waals surface area contributed by atoms with E-state index in [1.807, 2.05) is 0 Å². The second-order valence-corrected chi connectivity index (χ2v) is 4.17. The maximum absolute atomic E-state index is 13.4. The topological polar surface area (TPSA) is 26.0 Å². The molecular weight excluding hydrogens is 203 g/mol. The molecule has 0 saturated heterocycles. The van der Waals surface area contributed by atoms with Crippen molar-refractivity contribution in [2.45, 2.75) is 25.7 Å². The van der Waals surface area contributed by atoms with E-state index in [2.05, 4.69) is 0 Å². The van der Waals surface area contributed by atoms with Crippen molar-refractivity contribution in [3.63, 3.8) is 0 Å². The maximum Gasteiger partial charge on any atom is 0.161 e. The Bertz CT molecular complexity index is 361. The number of nitrogens with two attached hydrogens (primary N) is 1. The second kappa shape index (κ2) is 4.23. The fourth-order valence-corrected chi connectivity index (χ4v) is 1.54. The van der Waals surface area contributed by atoms with Crippen LogP contribution in [0.4, 0.5) is 13.2 Å². The van der Waals surface area contributed by atoms with Crippen molar-refractivity contribution in [1.29, 1.82) is 0 Å². The zero-order valence-electron chi connectivity index (χ0n) is 8.78. The van der Waals surface area contributed by atoms with Crippen LogP contribution in [0, 0.1) is 17.5 Å². The predicted molar refractivity (Wildman–Crippen MR) is 53.0 cm³/mol. The lowest BCUT2D eigenvalue weighted by molar-refractivity contribution is 0.435.